The number of esters is 1. The van der Waals surface area contributed by atoms with Crippen LogP contribution in [0.3, 0.4) is 0 Å². The molecule has 0 aromatic heterocycles. The molecule has 0 N–H and O–H groups in total. The highest BCUT2D eigenvalue weighted by Crippen LogP contribution is 2.34. The van der Waals surface area contributed by atoms with Crippen LogP contribution in [-0.4, -0.2) is 41.4 Å². The Morgan fingerprint density at radius 3 is 2.38 bits per heavy atom. The maximum Gasteiger partial charge on any atom is 0.308 e. The number of fused-ring (bicyclic) bond motifs is 1. The molecule has 1 saturated heterocycles. The molecule has 2 aliphatic rings. The molecule has 3 aromatic rings. The van der Waals surface area contributed by atoms with Crippen LogP contribution in [0, 0.1) is 6.92 Å². The molecule has 1 fully saturated rings. The lowest BCUT2D eigenvalue weighted by atomic mass is 10.1. The molecule has 0 spiro atoms. The topological polar surface area (TPSA) is 102 Å². The minimum atomic E-state index is -1.00. The molecule has 188 valence electrons. The first-order valence-electron chi connectivity index (χ1n) is 11.7. The largest absolute Gasteiger partial charge is 0.454 e. The van der Waals surface area contributed by atoms with Gasteiger partial charge in [0, 0.05) is 19.0 Å². The van der Waals surface area contributed by atoms with Crippen molar-refractivity contribution in [3.05, 3.63) is 83.4 Å². The van der Waals surface area contributed by atoms with Gasteiger partial charge in [-0.15, -0.1) is 0 Å². The molecule has 0 bridgehead atoms. The predicted octanol–water partition coefficient (Wildman–Crippen LogP) is 3.62. The SMILES string of the molecule is CC(=O)Oc1ccc(N2C(=O)CC(N(Cc3ccc4c(c3)OCO4)C(=O)c3ccc(C)cc3)C2=O)cc1. The number of amides is 3. The van der Waals surface area contributed by atoms with E-state index in [1.54, 1.807) is 30.3 Å². The molecule has 9 nitrogen and oxygen atoms in total. The molecule has 3 aromatic carbocycles. The molecular formula is C28H24N2O7. The number of carbonyl (C=O) groups excluding carboxylic acids is 4. The van der Waals surface area contributed by atoms with Crippen molar-refractivity contribution in [2.45, 2.75) is 32.9 Å². The van der Waals surface area contributed by atoms with Gasteiger partial charge in [-0.05, 0) is 61.0 Å². The number of hydrogen-bond donors (Lipinski definition) is 0. The van der Waals surface area contributed by atoms with Crippen molar-refractivity contribution in [2.24, 2.45) is 0 Å². The number of aryl methyl sites for hydroxylation is 1. The smallest absolute Gasteiger partial charge is 0.308 e. The number of benzene rings is 3. The van der Waals surface area contributed by atoms with E-state index in [-0.39, 0.29) is 25.7 Å². The summed E-state index contributed by atoms with van der Waals surface area (Å²) in [6, 6.07) is 17.5. The van der Waals surface area contributed by atoms with Crippen LogP contribution in [-0.2, 0) is 20.9 Å². The fraction of sp³-hybridized carbons (Fsp3) is 0.214. The second kappa shape index (κ2) is 9.77. The Balaban J connectivity index is 1.45. The van der Waals surface area contributed by atoms with E-state index in [9.17, 15) is 19.2 Å². The second-order valence-corrected chi connectivity index (χ2v) is 8.86. The fourth-order valence-corrected chi connectivity index (χ4v) is 4.38. The van der Waals surface area contributed by atoms with E-state index in [1.165, 1.54) is 36.1 Å². The first-order chi connectivity index (χ1) is 17.8. The zero-order chi connectivity index (χ0) is 26.1. The normalized spacial score (nSPS) is 16.2. The molecule has 5 rings (SSSR count). The van der Waals surface area contributed by atoms with Gasteiger partial charge < -0.3 is 19.1 Å². The maximum absolute atomic E-state index is 13.7. The van der Waals surface area contributed by atoms with Gasteiger partial charge in [0.2, 0.25) is 12.7 Å². The Morgan fingerprint density at radius 1 is 0.973 bits per heavy atom. The van der Waals surface area contributed by atoms with Crippen LogP contribution >= 0.6 is 0 Å². The van der Waals surface area contributed by atoms with E-state index in [0.717, 1.165) is 16.0 Å². The van der Waals surface area contributed by atoms with E-state index in [4.69, 9.17) is 14.2 Å². The Hall–Kier alpha value is -4.66. The zero-order valence-corrected chi connectivity index (χ0v) is 20.3. The van der Waals surface area contributed by atoms with E-state index in [0.29, 0.717) is 28.5 Å². The summed E-state index contributed by atoms with van der Waals surface area (Å²) in [5.41, 5.74) is 2.47. The van der Waals surface area contributed by atoms with Gasteiger partial charge in [0.15, 0.2) is 11.5 Å². The molecule has 1 atom stereocenters. The van der Waals surface area contributed by atoms with Crippen LogP contribution in [0.1, 0.15) is 34.8 Å². The minimum absolute atomic E-state index is 0.0895. The summed E-state index contributed by atoms with van der Waals surface area (Å²) < 4.78 is 15.9. The van der Waals surface area contributed by atoms with Gasteiger partial charge in [-0.3, -0.25) is 19.2 Å². The summed E-state index contributed by atoms with van der Waals surface area (Å²) in [6.07, 6.45) is -0.160. The van der Waals surface area contributed by atoms with Crippen molar-refractivity contribution in [1.29, 1.82) is 0 Å². The molecule has 1 unspecified atom stereocenters. The predicted molar refractivity (Wildman–Crippen MR) is 132 cm³/mol. The highest BCUT2D eigenvalue weighted by atomic mass is 16.7. The quantitative estimate of drug-likeness (QED) is 0.289. The third kappa shape index (κ3) is 4.88. The Kier molecular flexibility index (Phi) is 6.35. The molecule has 0 radical (unpaired) electrons. The fourth-order valence-electron chi connectivity index (χ4n) is 4.38. The molecule has 2 aliphatic heterocycles. The first-order valence-corrected chi connectivity index (χ1v) is 11.7. The van der Waals surface area contributed by atoms with E-state index >= 15 is 0 Å². The maximum atomic E-state index is 13.7. The number of hydrogen-bond acceptors (Lipinski definition) is 7. The van der Waals surface area contributed by atoms with Gasteiger partial charge in [-0.1, -0.05) is 23.8 Å². The lowest BCUT2D eigenvalue weighted by molar-refractivity contribution is -0.132. The monoisotopic (exact) mass is 500 g/mol. The second-order valence-electron chi connectivity index (χ2n) is 8.86. The summed E-state index contributed by atoms with van der Waals surface area (Å²) >= 11 is 0. The summed E-state index contributed by atoms with van der Waals surface area (Å²) in [7, 11) is 0. The molecule has 37 heavy (non-hydrogen) atoms. The summed E-state index contributed by atoms with van der Waals surface area (Å²) in [6.45, 7) is 3.41. The van der Waals surface area contributed by atoms with Crippen molar-refractivity contribution in [2.75, 3.05) is 11.7 Å². The van der Waals surface area contributed by atoms with Crippen LogP contribution < -0.4 is 19.1 Å². The number of anilines is 1. The summed E-state index contributed by atoms with van der Waals surface area (Å²) in [4.78, 5) is 53.9. The van der Waals surface area contributed by atoms with Crippen LogP contribution in [0.4, 0.5) is 5.69 Å². The lowest BCUT2D eigenvalue weighted by Crippen LogP contribution is -2.45. The standard InChI is InChI=1S/C28H24N2O7/c1-17-3-6-20(7-4-17)27(33)29(15-19-5-12-24-25(13-19)36-16-35-24)23-14-26(32)30(28(23)34)21-8-10-22(11-9-21)37-18(2)31/h3-13,23H,14-16H2,1-2H3. The molecule has 2 heterocycles. The summed E-state index contributed by atoms with van der Waals surface area (Å²) in [5, 5.41) is 0. The Bertz CT molecular complexity index is 1380. The Morgan fingerprint density at radius 2 is 1.68 bits per heavy atom. The molecule has 3 amide bonds. The van der Waals surface area contributed by atoms with E-state index in [2.05, 4.69) is 0 Å². The van der Waals surface area contributed by atoms with Crippen LogP contribution in [0.15, 0.2) is 66.7 Å². The highest BCUT2D eigenvalue weighted by molar-refractivity contribution is 6.23. The van der Waals surface area contributed by atoms with Crippen molar-refractivity contribution in [1.82, 2.24) is 4.90 Å². The third-order valence-electron chi connectivity index (χ3n) is 6.20. The van der Waals surface area contributed by atoms with Crippen molar-refractivity contribution in [3.63, 3.8) is 0 Å². The average Bonchev–Trinajstić information content (AvgIpc) is 3.46. The van der Waals surface area contributed by atoms with Gasteiger partial charge >= 0.3 is 5.97 Å². The van der Waals surface area contributed by atoms with E-state index in [1.807, 2.05) is 19.1 Å². The van der Waals surface area contributed by atoms with Crippen LogP contribution in [0.5, 0.6) is 17.2 Å². The number of ether oxygens (including phenoxy) is 3. The number of carbonyl (C=O) groups is 4. The lowest BCUT2D eigenvalue weighted by Gasteiger charge is -2.28. The van der Waals surface area contributed by atoms with E-state index < -0.39 is 23.8 Å². The number of imide groups is 1. The van der Waals surface area contributed by atoms with Gasteiger partial charge in [0.25, 0.3) is 11.8 Å². The number of rotatable bonds is 6. The molecule has 9 heteroatoms. The van der Waals surface area contributed by atoms with Crippen molar-refractivity contribution >= 4 is 29.4 Å². The van der Waals surface area contributed by atoms with Gasteiger partial charge in [0.1, 0.15) is 11.8 Å². The van der Waals surface area contributed by atoms with Crippen molar-refractivity contribution in [3.8, 4) is 17.2 Å². The highest BCUT2D eigenvalue weighted by Gasteiger charge is 2.44. The first kappa shape index (κ1) is 24.1. The van der Waals surface area contributed by atoms with Crippen LogP contribution in [0.2, 0.25) is 0 Å². The Labute approximate surface area is 213 Å². The number of nitrogens with zero attached hydrogens (tertiary/aromatic N) is 2. The molecule has 0 aliphatic carbocycles. The van der Waals surface area contributed by atoms with Crippen LogP contribution in [0.25, 0.3) is 0 Å². The van der Waals surface area contributed by atoms with Gasteiger partial charge in [-0.25, -0.2) is 4.90 Å². The zero-order valence-electron chi connectivity index (χ0n) is 20.3. The average molecular weight is 501 g/mol. The summed E-state index contributed by atoms with van der Waals surface area (Å²) in [5.74, 6) is -0.315. The molecular weight excluding hydrogens is 476 g/mol. The van der Waals surface area contributed by atoms with Gasteiger partial charge in [-0.2, -0.15) is 0 Å². The third-order valence-corrected chi connectivity index (χ3v) is 6.20. The minimum Gasteiger partial charge on any atom is -0.454 e. The molecule has 0 saturated carbocycles. The van der Waals surface area contributed by atoms with Crippen molar-refractivity contribution < 1.29 is 33.4 Å². The van der Waals surface area contributed by atoms with Gasteiger partial charge in [0.05, 0.1) is 12.1 Å².